The molecule has 0 unspecified atom stereocenters. The Bertz CT molecular complexity index is 973. The lowest BCUT2D eigenvalue weighted by Gasteiger charge is -2.11. The molecule has 0 atom stereocenters. The van der Waals surface area contributed by atoms with Gasteiger partial charge in [0.05, 0.1) is 19.8 Å². The number of nitrogen functional groups attached to an aromatic ring is 1. The van der Waals surface area contributed by atoms with E-state index in [0.717, 1.165) is 4.80 Å². The summed E-state index contributed by atoms with van der Waals surface area (Å²) in [5.74, 6) is -1.75. The van der Waals surface area contributed by atoms with Crippen molar-refractivity contribution in [1.29, 1.82) is 0 Å². The van der Waals surface area contributed by atoms with Crippen molar-refractivity contribution >= 4 is 23.5 Å². The first-order valence-corrected chi connectivity index (χ1v) is 8.97. The molecule has 0 aliphatic heterocycles. The standard InChI is InChI=1S/C18H24N6O7/c1-23(2)6-5-20-18(28)31-9-24-21-14(15(22-24)17(26)27)16(25)10-7-12(29-3)13(30-4)8-11(10)19/h7-8H,5-6,9,19H2,1-4H3,(H,20,28)(H,26,27). The van der Waals surface area contributed by atoms with Gasteiger partial charge in [-0.1, -0.05) is 0 Å². The maximum Gasteiger partial charge on any atom is 0.409 e. The zero-order valence-corrected chi connectivity index (χ0v) is 17.5. The molecule has 0 spiro atoms. The number of aromatic nitrogens is 3. The largest absolute Gasteiger partial charge is 0.493 e. The van der Waals surface area contributed by atoms with Gasteiger partial charge in [-0.3, -0.25) is 4.79 Å². The van der Waals surface area contributed by atoms with E-state index in [4.69, 9.17) is 19.9 Å². The molecule has 1 heterocycles. The van der Waals surface area contributed by atoms with Crippen LogP contribution in [0.2, 0.25) is 0 Å². The molecular formula is C18H24N6O7. The fourth-order valence-electron chi connectivity index (χ4n) is 2.47. The van der Waals surface area contributed by atoms with E-state index in [1.54, 1.807) is 0 Å². The van der Waals surface area contributed by atoms with E-state index in [-0.39, 0.29) is 17.0 Å². The molecule has 1 aromatic carbocycles. The molecular weight excluding hydrogens is 412 g/mol. The predicted molar refractivity (Wildman–Crippen MR) is 107 cm³/mol. The number of methoxy groups -OCH3 is 2. The second-order valence-corrected chi connectivity index (χ2v) is 6.49. The number of benzene rings is 1. The molecule has 2 aromatic rings. The van der Waals surface area contributed by atoms with Gasteiger partial charge in [0, 0.05) is 24.8 Å². The van der Waals surface area contributed by atoms with Crippen LogP contribution in [0.25, 0.3) is 0 Å². The summed E-state index contributed by atoms with van der Waals surface area (Å²) in [4.78, 5) is 38.9. The molecule has 4 N–H and O–H groups in total. The zero-order valence-electron chi connectivity index (χ0n) is 17.5. The summed E-state index contributed by atoms with van der Waals surface area (Å²) in [6, 6.07) is 2.69. The highest BCUT2D eigenvalue weighted by atomic mass is 16.6. The molecule has 0 saturated carbocycles. The minimum absolute atomic E-state index is 0.0325. The molecule has 168 valence electrons. The molecule has 0 aliphatic carbocycles. The third-order valence-electron chi connectivity index (χ3n) is 4.01. The van der Waals surface area contributed by atoms with E-state index in [2.05, 4.69) is 15.5 Å². The van der Waals surface area contributed by atoms with Crippen LogP contribution in [0.15, 0.2) is 12.1 Å². The minimum atomic E-state index is -1.48. The van der Waals surface area contributed by atoms with E-state index in [9.17, 15) is 19.5 Å². The van der Waals surface area contributed by atoms with Gasteiger partial charge in [-0.2, -0.15) is 0 Å². The maximum atomic E-state index is 12.9. The number of ketones is 1. The Labute approximate surface area is 177 Å². The summed E-state index contributed by atoms with van der Waals surface area (Å²) >= 11 is 0. The summed E-state index contributed by atoms with van der Waals surface area (Å²) in [6.07, 6.45) is -0.743. The number of carbonyl (C=O) groups is 3. The number of anilines is 1. The van der Waals surface area contributed by atoms with Gasteiger partial charge >= 0.3 is 12.1 Å². The molecule has 2 rings (SSSR count). The fraction of sp³-hybridized carbons (Fsp3) is 0.389. The molecule has 0 radical (unpaired) electrons. The van der Waals surface area contributed by atoms with E-state index < -0.39 is 36.0 Å². The summed E-state index contributed by atoms with van der Waals surface area (Å²) < 4.78 is 15.2. The van der Waals surface area contributed by atoms with Crippen LogP contribution in [-0.2, 0) is 11.5 Å². The monoisotopic (exact) mass is 436 g/mol. The highest BCUT2D eigenvalue weighted by Crippen LogP contribution is 2.33. The third kappa shape index (κ3) is 5.82. The summed E-state index contributed by atoms with van der Waals surface area (Å²) in [5, 5.41) is 19.5. The third-order valence-corrected chi connectivity index (χ3v) is 4.01. The molecule has 1 aromatic heterocycles. The van der Waals surface area contributed by atoms with Gasteiger partial charge in [-0.25, -0.2) is 9.59 Å². The highest BCUT2D eigenvalue weighted by molar-refractivity contribution is 6.15. The van der Waals surface area contributed by atoms with E-state index >= 15 is 0 Å². The average molecular weight is 436 g/mol. The van der Waals surface area contributed by atoms with Crippen molar-refractivity contribution in [2.45, 2.75) is 6.73 Å². The fourth-order valence-corrected chi connectivity index (χ4v) is 2.47. The van der Waals surface area contributed by atoms with Crippen molar-refractivity contribution in [3.05, 3.63) is 29.1 Å². The number of likely N-dealkylation sites (N-methyl/N-ethyl adjacent to an activating group) is 1. The van der Waals surface area contributed by atoms with Crippen LogP contribution < -0.4 is 20.5 Å². The van der Waals surface area contributed by atoms with Crippen molar-refractivity contribution in [3.63, 3.8) is 0 Å². The Hall–Kier alpha value is -3.87. The van der Waals surface area contributed by atoms with Gasteiger partial charge in [0.1, 0.15) is 0 Å². The molecule has 0 aliphatic rings. The summed E-state index contributed by atoms with van der Waals surface area (Å²) in [5.41, 5.74) is 4.82. The Balaban J connectivity index is 2.23. The predicted octanol–water partition coefficient (Wildman–Crippen LogP) is 0.0520. The highest BCUT2D eigenvalue weighted by Gasteiger charge is 2.27. The number of ether oxygens (including phenoxy) is 3. The quantitative estimate of drug-likeness (QED) is 0.339. The molecule has 13 heteroatoms. The number of carbonyl (C=O) groups excluding carboxylic acids is 2. The van der Waals surface area contributed by atoms with Crippen LogP contribution in [-0.4, -0.2) is 84.3 Å². The van der Waals surface area contributed by atoms with Gasteiger partial charge in [0.25, 0.3) is 0 Å². The number of nitrogens with one attached hydrogen (secondary N) is 1. The first kappa shape index (κ1) is 23.4. The second-order valence-electron chi connectivity index (χ2n) is 6.49. The van der Waals surface area contributed by atoms with Crippen molar-refractivity contribution in [3.8, 4) is 11.5 Å². The molecule has 0 saturated heterocycles. The molecule has 0 bridgehead atoms. The van der Waals surface area contributed by atoms with Crippen molar-refractivity contribution in [2.24, 2.45) is 0 Å². The van der Waals surface area contributed by atoms with E-state index in [1.807, 2.05) is 19.0 Å². The van der Waals surface area contributed by atoms with E-state index in [1.165, 1.54) is 26.4 Å². The number of alkyl carbamates (subject to hydrolysis) is 1. The van der Waals surface area contributed by atoms with Gasteiger partial charge in [-0.15, -0.1) is 15.0 Å². The number of nitrogens with two attached hydrogens (primary N) is 1. The van der Waals surface area contributed by atoms with Crippen molar-refractivity contribution < 1.29 is 33.7 Å². The van der Waals surface area contributed by atoms with Crippen LogP contribution in [0.3, 0.4) is 0 Å². The Morgan fingerprint density at radius 1 is 1.13 bits per heavy atom. The normalized spacial score (nSPS) is 10.6. The van der Waals surface area contributed by atoms with Gasteiger partial charge in [0.15, 0.2) is 17.2 Å². The summed E-state index contributed by atoms with van der Waals surface area (Å²) in [7, 11) is 6.47. The number of aromatic carboxylic acids is 1. The van der Waals surface area contributed by atoms with Crippen LogP contribution in [0.1, 0.15) is 26.5 Å². The van der Waals surface area contributed by atoms with Crippen LogP contribution in [0.4, 0.5) is 10.5 Å². The SMILES string of the molecule is COc1cc(N)c(C(=O)c2nn(COC(=O)NCCN(C)C)nc2C(=O)O)cc1OC. The average Bonchev–Trinajstić information content (AvgIpc) is 3.16. The Morgan fingerprint density at radius 3 is 2.32 bits per heavy atom. The van der Waals surface area contributed by atoms with Crippen LogP contribution in [0.5, 0.6) is 11.5 Å². The molecule has 13 nitrogen and oxygen atoms in total. The zero-order chi connectivity index (χ0) is 23.1. The van der Waals surface area contributed by atoms with Gasteiger partial charge in [0.2, 0.25) is 18.2 Å². The number of hydrogen-bond acceptors (Lipinski definition) is 10. The molecule has 1 amide bonds. The van der Waals surface area contributed by atoms with Gasteiger partial charge < -0.3 is 35.3 Å². The Kier molecular flexibility index (Phi) is 7.74. The Morgan fingerprint density at radius 2 is 1.74 bits per heavy atom. The molecule has 31 heavy (non-hydrogen) atoms. The lowest BCUT2D eigenvalue weighted by atomic mass is 10.0. The smallest absolute Gasteiger partial charge is 0.409 e. The molecule has 0 fully saturated rings. The lowest BCUT2D eigenvalue weighted by molar-refractivity contribution is 0.0683. The number of hydrogen-bond donors (Lipinski definition) is 3. The number of carboxylic acid groups (broad SMARTS) is 1. The van der Waals surface area contributed by atoms with Crippen molar-refractivity contribution in [1.82, 2.24) is 25.2 Å². The van der Waals surface area contributed by atoms with Gasteiger partial charge in [-0.05, 0) is 20.2 Å². The van der Waals surface area contributed by atoms with Crippen LogP contribution >= 0.6 is 0 Å². The summed E-state index contributed by atoms with van der Waals surface area (Å²) in [6.45, 7) is 0.452. The van der Waals surface area contributed by atoms with Crippen molar-refractivity contribution in [2.75, 3.05) is 47.1 Å². The second kappa shape index (κ2) is 10.2. The number of rotatable bonds is 10. The first-order valence-electron chi connectivity index (χ1n) is 8.97. The topological polar surface area (TPSA) is 171 Å². The number of nitrogens with zero attached hydrogens (tertiary/aromatic N) is 4. The lowest BCUT2D eigenvalue weighted by Crippen LogP contribution is -2.32. The first-order chi connectivity index (χ1) is 14.7. The van der Waals surface area contributed by atoms with E-state index in [0.29, 0.717) is 18.8 Å². The number of carboxylic acids is 1. The minimum Gasteiger partial charge on any atom is -0.493 e. The maximum absolute atomic E-state index is 12.9. The number of amides is 1. The van der Waals surface area contributed by atoms with Crippen LogP contribution in [0, 0.1) is 0 Å².